The Labute approximate surface area is 181 Å². The van der Waals surface area contributed by atoms with Crippen LogP contribution in [0.4, 0.5) is 10.7 Å². The van der Waals surface area contributed by atoms with E-state index in [2.05, 4.69) is 32.2 Å². The van der Waals surface area contributed by atoms with Gasteiger partial charge in [-0.2, -0.15) is 5.26 Å². The van der Waals surface area contributed by atoms with Gasteiger partial charge in [-0.05, 0) is 60.8 Å². The van der Waals surface area contributed by atoms with Gasteiger partial charge in [0.15, 0.2) is 0 Å². The first kappa shape index (κ1) is 21.7. The number of nitrogens with two attached hydrogens (primary N) is 1. The summed E-state index contributed by atoms with van der Waals surface area (Å²) in [7, 11) is 0. The highest BCUT2D eigenvalue weighted by atomic mass is 32.2. The predicted molar refractivity (Wildman–Crippen MR) is 123 cm³/mol. The fourth-order valence-corrected chi connectivity index (χ4v) is 6.10. The summed E-state index contributed by atoms with van der Waals surface area (Å²) in [6, 6.07) is 9.94. The normalized spacial score (nSPS) is 17.3. The average Bonchev–Trinajstić information content (AvgIpc) is 3.01. The quantitative estimate of drug-likeness (QED) is 0.462. The van der Waals surface area contributed by atoms with Crippen LogP contribution in [0.15, 0.2) is 29.2 Å². The number of hydrogen-bond donors (Lipinski definition) is 2. The molecule has 1 aliphatic carbocycles. The number of anilines is 2. The summed E-state index contributed by atoms with van der Waals surface area (Å²) in [6.07, 6.45) is 3.70. The predicted octanol–water partition coefficient (Wildman–Crippen LogP) is 5.86. The van der Waals surface area contributed by atoms with Crippen molar-refractivity contribution < 1.29 is 4.79 Å². The van der Waals surface area contributed by atoms with Crippen LogP contribution in [0.5, 0.6) is 0 Å². The van der Waals surface area contributed by atoms with Crippen molar-refractivity contribution in [2.75, 3.05) is 11.1 Å². The fourth-order valence-electron chi connectivity index (χ4n) is 3.80. The van der Waals surface area contributed by atoms with Crippen molar-refractivity contribution in [2.45, 2.75) is 63.5 Å². The molecule has 0 spiro atoms. The highest BCUT2D eigenvalue weighted by Crippen LogP contribution is 2.44. The number of amides is 1. The van der Waals surface area contributed by atoms with Gasteiger partial charge in [-0.1, -0.05) is 33.8 Å². The van der Waals surface area contributed by atoms with E-state index in [4.69, 9.17) is 5.73 Å². The number of nitrogens with one attached hydrogen (secondary N) is 1. The van der Waals surface area contributed by atoms with Gasteiger partial charge in [0.1, 0.15) is 11.1 Å². The lowest BCUT2D eigenvalue weighted by Crippen LogP contribution is -2.26. The van der Waals surface area contributed by atoms with Crippen LogP contribution >= 0.6 is 23.1 Å². The van der Waals surface area contributed by atoms with E-state index in [1.54, 1.807) is 11.3 Å². The fraction of sp³-hybridized carbons (Fsp3) is 0.478. The molecule has 0 saturated heterocycles. The first-order valence-corrected chi connectivity index (χ1v) is 11.8. The Morgan fingerprint density at radius 3 is 2.83 bits per heavy atom. The zero-order chi connectivity index (χ0) is 21.2. The topological polar surface area (TPSA) is 78.9 Å². The molecule has 2 unspecified atom stereocenters. The first-order valence-electron chi connectivity index (χ1n) is 10.1. The van der Waals surface area contributed by atoms with Crippen LogP contribution in [0.25, 0.3) is 0 Å². The van der Waals surface area contributed by atoms with Crippen LogP contribution in [0.1, 0.15) is 56.5 Å². The van der Waals surface area contributed by atoms with Crippen LogP contribution < -0.4 is 11.1 Å². The minimum atomic E-state index is -0.232. The number of benzene rings is 1. The second-order valence-electron chi connectivity index (χ2n) is 8.70. The van der Waals surface area contributed by atoms with Crippen molar-refractivity contribution in [1.29, 1.82) is 5.26 Å². The molecule has 3 rings (SSSR count). The first-order chi connectivity index (χ1) is 13.7. The minimum Gasteiger partial charge on any atom is -0.399 e. The highest BCUT2D eigenvalue weighted by Gasteiger charge is 2.32. The summed E-state index contributed by atoms with van der Waals surface area (Å²) in [5, 5.41) is 13.3. The number of hydrogen-bond acceptors (Lipinski definition) is 5. The number of nitrogens with zero attached hydrogens (tertiary/aromatic N) is 1. The van der Waals surface area contributed by atoms with Gasteiger partial charge in [-0.25, -0.2) is 0 Å². The van der Waals surface area contributed by atoms with E-state index in [-0.39, 0.29) is 16.6 Å². The molecule has 0 bridgehead atoms. The average molecular weight is 428 g/mol. The molecule has 0 fully saturated rings. The molecular weight excluding hydrogens is 398 g/mol. The molecule has 29 heavy (non-hydrogen) atoms. The van der Waals surface area contributed by atoms with Gasteiger partial charge >= 0.3 is 0 Å². The molecule has 6 heteroatoms. The molecule has 2 atom stereocenters. The Kier molecular flexibility index (Phi) is 6.60. The maximum Gasteiger partial charge on any atom is 0.238 e. The molecule has 1 amide bonds. The van der Waals surface area contributed by atoms with E-state index >= 15 is 0 Å². The van der Waals surface area contributed by atoms with Crippen molar-refractivity contribution in [3.8, 4) is 6.07 Å². The molecule has 1 aliphatic rings. The van der Waals surface area contributed by atoms with E-state index in [0.717, 1.165) is 29.7 Å². The van der Waals surface area contributed by atoms with Gasteiger partial charge in [0.2, 0.25) is 5.91 Å². The summed E-state index contributed by atoms with van der Waals surface area (Å²) in [5.74, 6) is 0.550. The molecule has 2 aromatic rings. The molecule has 0 radical (unpaired) electrons. The molecule has 1 heterocycles. The summed E-state index contributed by atoms with van der Waals surface area (Å²) in [4.78, 5) is 15.2. The van der Waals surface area contributed by atoms with Crippen molar-refractivity contribution in [3.05, 3.63) is 40.3 Å². The largest absolute Gasteiger partial charge is 0.399 e. The van der Waals surface area contributed by atoms with E-state index in [9.17, 15) is 10.1 Å². The number of carbonyl (C=O) groups is 1. The van der Waals surface area contributed by atoms with Gasteiger partial charge < -0.3 is 11.1 Å². The second kappa shape index (κ2) is 8.81. The van der Waals surface area contributed by atoms with Gasteiger partial charge in [-0.3, -0.25) is 4.79 Å². The zero-order valence-electron chi connectivity index (χ0n) is 17.5. The lowest BCUT2D eigenvalue weighted by Gasteiger charge is -2.33. The molecule has 3 N–H and O–H groups in total. The smallest absolute Gasteiger partial charge is 0.238 e. The summed E-state index contributed by atoms with van der Waals surface area (Å²) in [5.41, 5.74) is 8.61. The minimum absolute atomic E-state index is 0.0533. The summed E-state index contributed by atoms with van der Waals surface area (Å²) < 4.78 is 0. The van der Waals surface area contributed by atoms with Crippen LogP contribution in [-0.2, 0) is 17.6 Å². The number of nitrogen functional groups attached to an aromatic ring is 1. The molecule has 0 saturated carbocycles. The van der Waals surface area contributed by atoms with Crippen LogP contribution in [0.2, 0.25) is 0 Å². The van der Waals surface area contributed by atoms with Crippen molar-refractivity contribution >= 4 is 39.7 Å². The summed E-state index contributed by atoms with van der Waals surface area (Å²) in [6.45, 7) is 8.85. The summed E-state index contributed by atoms with van der Waals surface area (Å²) >= 11 is 3.10. The molecule has 1 aromatic heterocycles. The number of carbonyl (C=O) groups excluding carboxylic acids is 1. The molecule has 154 valence electrons. The van der Waals surface area contributed by atoms with Crippen LogP contribution in [0, 0.1) is 22.7 Å². The van der Waals surface area contributed by atoms with Gasteiger partial charge in [-0.15, -0.1) is 23.1 Å². The highest BCUT2D eigenvalue weighted by molar-refractivity contribution is 8.00. The van der Waals surface area contributed by atoms with E-state index < -0.39 is 0 Å². The SMILES string of the molecule is CCC(Sc1cccc(N)c1)C(=O)Nc1sc2c(c1C#N)CCC(C(C)(C)C)C2. The Hall–Kier alpha value is -1.97. The maximum absolute atomic E-state index is 13.0. The van der Waals surface area contributed by atoms with Crippen molar-refractivity contribution in [1.82, 2.24) is 0 Å². The van der Waals surface area contributed by atoms with Gasteiger partial charge in [0.25, 0.3) is 0 Å². The second-order valence-corrected chi connectivity index (χ2v) is 11.1. The molecule has 1 aromatic carbocycles. The Morgan fingerprint density at radius 1 is 1.45 bits per heavy atom. The molecule has 4 nitrogen and oxygen atoms in total. The molecule has 0 aliphatic heterocycles. The Balaban J connectivity index is 1.78. The zero-order valence-corrected chi connectivity index (χ0v) is 19.2. The van der Waals surface area contributed by atoms with Crippen LogP contribution in [-0.4, -0.2) is 11.2 Å². The lowest BCUT2D eigenvalue weighted by atomic mass is 9.72. The molecular formula is C23H29N3OS2. The number of fused-ring (bicyclic) bond motifs is 1. The van der Waals surface area contributed by atoms with Crippen molar-refractivity contribution in [3.63, 3.8) is 0 Å². The van der Waals surface area contributed by atoms with Gasteiger partial charge in [0.05, 0.1) is 10.8 Å². The number of thioether (sulfide) groups is 1. The standard InChI is InChI=1S/C23H29N3OS2/c1-5-19(28-16-8-6-7-15(25)12-16)21(27)26-22-18(13-24)17-10-9-14(23(2,3)4)11-20(17)29-22/h6-8,12,14,19H,5,9-11,25H2,1-4H3,(H,26,27). The monoisotopic (exact) mass is 427 g/mol. The maximum atomic E-state index is 13.0. The third-order valence-corrected chi connectivity index (χ3v) is 8.17. The Morgan fingerprint density at radius 2 is 2.21 bits per heavy atom. The third-order valence-electron chi connectivity index (χ3n) is 5.64. The lowest BCUT2D eigenvalue weighted by molar-refractivity contribution is -0.115. The van der Waals surface area contributed by atoms with E-state index in [1.165, 1.54) is 16.6 Å². The number of rotatable bonds is 5. The van der Waals surface area contributed by atoms with E-state index in [1.807, 2.05) is 31.2 Å². The van der Waals surface area contributed by atoms with Crippen molar-refractivity contribution in [2.24, 2.45) is 11.3 Å². The van der Waals surface area contributed by atoms with Crippen LogP contribution in [0.3, 0.4) is 0 Å². The Bertz CT molecular complexity index is 937. The number of thiophene rings is 1. The van der Waals surface area contributed by atoms with E-state index in [0.29, 0.717) is 28.6 Å². The number of nitriles is 1. The van der Waals surface area contributed by atoms with Gasteiger partial charge in [0, 0.05) is 15.5 Å². The third kappa shape index (κ3) is 4.96.